The molecule has 0 saturated carbocycles. The molecule has 3 atom stereocenters. The van der Waals surface area contributed by atoms with Crippen LogP contribution in [-0.4, -0.2) is 17.9 Å². The zero-order chi connectivity index (χ0) is 15.4. The highest BCUT2D eigenvalue weighted by molar-refractivity contribution is 5.97. The van der Waals surface area contributed by atoms with Gasteiger partial charge in [0.2, 0.25) is 0 Å². The minimum Gasteiger partial charge on any atom is -0.469 e. The predicted molar refractivity (Wildman–Crippen MR) is 76.8 cm³/mol. The Morgan fingerprint density at radius 3 is 2.81 bits per heavy atom. The Morgan fingerprint density at radius 2 is 2.14 bits per heavy atom. The van der Waals surface area contributed by atoms with Crippen LogP contribution in [0, 0.1) is 18.3 Å². The number of rotatable bonds is 1. The molecule has 0 radical (unpaired) electrons. The van der Waals surface area contributed by atoms with Gasteiger partial charge < -0.3 is 9.15 Å². The fourth-order valence-electron chi connectivity index (χ4n) is 3.89. The number of carbonyl (C=O) groups excluding carboxylic acids is 2. The summed E-state index contributed by atoms with van der Waals surface area (Å²) in [6.07, 6.45) is 4.15. The van der Waals surface area contributed by atoms with Gasteiger partial charge in [-0.05, 0) is 43.4 Å². The van der Waals surface area contributed by atoms with Gasteiger partial charge in [-0.3, -0.25) is 9.59 Å². The van der Waals surface area contributed by atoms with Gasteiger partial charge in [-0.15, -0.1) is 0 Å². The lowest BCUT2D eigenvalue weighted by Gasteiger charge is -2.47. The summed E-state index contributed by atoms with van der Waals surface area (Å²) in [6.45, 7) is 7.41. The van der Waals surface area contributed by atoms with E-state index < -0.39 is 17.5 Å². The number of furan rings is 1. The molecule has 4 heteroatoms. The molecule has 2 aliphatic carbocycles. The van der Waals surface area contributed by atoms with Gasteiger partial charge in [0, 0.05) is 18.8 Å². The fourth-order valence-corrected chi connectivity index (χ4v) is 3.89. The minimum atomic E-state index is -0.720. The lowest BCUT2D eigenvalue weighted by atomic mass is 9.58. The first-order chi connectivity index (χ1) is 9.83. The fraction of sp³-hybridized carbons (Fsp3) is 0.529. The third-order valence-corrected chi connectivity index (χ3v) is 5.00. The quantitative estimate of drug-likeness (QED) is 0.746. The smallest absolute Gasteiger partial charge is 0.303 e. The summed E-state index contributed by atoms with van der Waals surface area (Å²) in [5.41, 5.74) is 3.03. The van der Waals surface area contributed by atoms with Gasteiger partial charge in [-0.25, -0.2) is 0 Å². The van der Waals surface area contributed by atoms with Crippen molar-refractivity contribution in [3.05, 3.63) is 34.8 Å². The van der Waals surface area contributed by atoms with Crippen LogP contribution in [-0.2, 0) is 27.2 Å². The summed E-state index contributed by atoms with van der Waals surface area (Å²) in [7, 11) is 0. The highest BCUT2D eigenvalue weighted by Gasteiger charge is 2.53. The second kappa shape index (κ2) is 4.58. The molecule has 0 fully saturated rings. The van der Waals surface area contributed by atoms with Crippen LogP contribution in [0.25, 0.3) is 0 Å². The molecule has 0 unspecified atom stereocenters. The number of ketones is 1. The van der Waals surface area contributed by atoms with Gasteiger partial charge in [0.25, 0.3) is 0 Å². The molecule has 4 nitrogen and oxygen atoms in total. The highest BCUT2D eigenvalue weighted by atomic mass is 16.5. The Labute approximate surface area is 124 Å². The van der Waals surface area contributed by atoms with Crippen molar-refractivity contribution >= 4 is 11.8 Å². The third-order valence-electron chi connectivity index (χ3n) is 5.00. The highest BCUT2D eigenvalue weighted by Crippen LogP contribution is 2.50. The van der Waals surface area contributed by atoms with Crippen LogP contribution in [0.5, 0.6) is 0 Å². The van der Waals surface area contributed by atoms with Gasteiger partial charge in [0.1, 0.15) is 5.76 Å². The molecule has 0 N–H and O–H groups in total. The average molecular weight is 288 g/mol. The summed E-state index contributed by atoms with van der Waals surface area (Å²) >= 11 is 0. The van der Waals surface area contributed by atoms with E-state index in [9.17, 15) is 9.59 Å². The molecule has 0 spiro atoms. The maximum atomic E-state index is 12.3. The van der Waals surface area contributed by atoms with Crippen LogP contribution < -0.4 is 0 Å². The zero-order valence-corrected chi connectivity index (χ0v) is 12.9. The number of allylic oxidation sites excluding steroid dienone is 1. The normalized spacial score (nSPS) is 31.2. The lowest BCUT2D eigenvalue weighted by molar-refractivity contribution is -0.163. The average Bonchev–Trinajstić information content (AvgIpc) is 2.73. The summed E-state index contributed by atoms with van der Waals surface area (Å²) in [4.78, 5) is 23.7. The Balaban J connectivity index is 2.08. The molecule has 0 aromatic carbocycles. The minimum absolute atomic E-state index is 0.117. The van der Waals surface area contributed by atoms with E-state index in [-0.39, 0.29) is 11.7 Å². The SMILES string of the molecule is CC(=O)O[C@H]1C(=O)C=C(C)[C@H]2Cc3c(C)coc3C[C@@]21C. The maximum Gasteiger partial charge on any atom is 0.303 e. The van der Waals surface area contributed by atoms with Crippen LogP contribution in [0.2, 0.25) is 0 Å². The maximum absolute atomic E-state index is 12.3. The monoisotopic (exact) mass is 288 g/mol. The molecule has 112 valence electrons. The molecule has 0 bridgehead atoms. The third kappa shape index (κ3) is 2.04. The van der Waals surface area contributed by atoms with E-state index in [1.165, 1.54) is 12.5 Å². The second-order valence-corrected chi connectivity index (χ2v) is 6.54. The van der Waals surface area contributed by atoms with Crippen molar-refractivity contribution in [1.29, 1.82) is 0 Å². The van der Waals surface area contributed by atoms with Gasteiger partial charge in [-0.2, -0.15) is 0 Å². The summed E-state index contributed by atoms with van der Waals surface area (Å²) in [5.74, 6) is 0.588. The molecule has 3 rings (SSSR count). The summed E-state index contributed by atoms with van der Waals surface area (Å²) in [6, 6.07) is 0. The molecule has 1 aromatic rings. The van der Waals surface area contributed by atoms with Gasteiger partial charge >= 0.3 is 5.97 Å². The van der Waals surface area contributed by atoms with Crippen molar-refractivity contribution in [1.82, 2.24) is 0 Å². The Bertz CT molecular complexity index is 652. The summed E-state index contributed by atoms with van der Waals surface area (Å²) in [5, 5.41) is 0. The number of aryl methyl sites for hydroxylation is 1. The zero-order valence-electron chi connectivity index (χ0n) is 12.9. The van der Waals surface area contributed by atoms with E-state index in [0.717, 1.165) is 23.3 Å². The van der Waals surface area contributed by atoms with E-state index in [1.54, 1.807) is 12.3 Å². The molecule has 0 amide bonds. The first-order valence-electron chi connectivity index (χ1n) is 7.28. The van der Waals surface area contributed by atoms with Crippen molar-refractivity contribution in [3.8, 4) is 0 Å². The van der Waals surface area contributed by atoms with Crippen LogP contribution in [0.15, 0.2) is 22.3 Å². The number of esters is 1. The predicted octanol–water partition coefficient (Wildman–Crippen LogP) is 2.77. The van der Waals surface area contributed by atoms with Crippen molar-refractivity contribution in [2.45, 2.75) is 46.6 Å². The molecule has 0 aliphatic heterocycles. The van der Waals surface area contributed by atoms with Crippen molar-refractivity contribution < 1.29 is 18.7 Å². The number of hydrogen-bond acceptors (Lipinski definition) is 4. The van der Waals surface area contributed by atoms with Crippen LogP contribution in [0.1, 0.15) is 37.7 Å². The Morgan fingerprint density at radius 1 is 1.43 bits per heavy atom. The van der Waals surface area contributed by atoms with Gasteiger partial charge in [-0.1, -0.05) is 12.5 Å². The van der Waals surface area contributed by atoms with Crippen LogP contribution in [0.4, 0.5) is 0 Å². The van der Waals surface area contributed by atoms with E-state index in [2.05, 4.69) is 0 Å². The van der Waals surface area contributed by atoms with Crippen molar-refractivity contribution in [2.75, 3.05) is 0 Å². The lowest BCUT2D eigenvalue weighted by Crippen LogP contribution is -2.52. The first-order valence-corrected chi connectivity index (χ1v) is 7.28. The molecular weight excluding hydrogens is 268 g/mol. The standard InChI is InChI=1S/C17H20O4/c1-9-5-14(19)16(21-11(3)18)17(4)7-15-12(6-13(9)17)10(2)8-20-15/h5,8,13,16H,6-7H2,1-4H3/t13-,16+,17+/m1/s1. The van der Waals surface area contributed by atoms with Crippen LogP contribution >= 0.6 is 0 Å². The van der Waals surface area contributed by atoms with Gasteiger partial charge in [0.15, 0.2) is 11.9 Å². The van der Waals surface area contributed by atoms with E-state index in [0.29, 0.717) is 6.42 Å². The Kier molecular flexibility index (Phi) is 3.08. The molecular formula is C17H20O4. The van der Waals surface area contributed by atoms with E-state index >= 15 is 0 Å². The Hall–Kier alpha value is -1.84. The van der Waals surface area contributed by atoms with Crippen LogP contribution in [0.3, 0.4) is 0 Å². The number of fused-ring (bicyclic) bond motifs is 2. The van der Waals surface area contributed by atoms with Crippen molar-refractivity contribution in [2.24, 2.45) is 11.3 Å². The van der Waals surface area contributed by atoms with E-state index in [1.807, 2.05) is 20.8 Å². The largest absolute Gasteiger partial charge is 0.469 e. The molecule has 1 heterocycles. The number of hydrogen-bond donors (Lipinski definition) is 0. The van der Waals surface area contributed by atoms with E-state index in [4.69, 9.17) is 9.15 Å². The number of carbonyl (C=O) groups is 2. The topological polar surface area (TPSA) is 56.5 Å². The second-order valence-electron chi connectivity index (χ2n) is 6.54. The molecule has 1 aromatic heterocycles. The molecule has 2 aliphatic rings. The summed E-state index contributed by atoms with van der Waals surface area (Å²) < 4.78 is 11.0. The number of ether oxygens (including phenoxy) is 1. The molecule has 0 saturated heterocycles. The van der Waals surface area contributed by atoms with Crippen molar-refractivity contribution in [3.63, 3.8) is 0 Å². The van der Waals surface area contributed by atoms with Gasteiger partial charge in [0.05, 0.1) is 6.26 Å². The first kappa shape index (κ1) is 14.1. The molecule has 21 heavy (non-hydrogen) atoms.